The highest BCUT2D eigenvalue weighted by molar-refractivity contribution is 5.39. The molecule has 0 aliphatic rings. The number of benzene rings is 2. The first-order valence-electron chi connectivity index (χ1n) is 6.42. The lowest BCUT2D eigenvalue weighted by Crippen LogP contribution is -2.32. The average Bonchev–Trinajstić information content (AvgIpc) is 2.51. The van der Waals surface area contributed by atoms with E-state index in [2.05, 4.69) is 6.07 Å². The number of nitrogens with zero attached hydrogens (tertiary/aromatic N) is 1. The van der Waals surface area contributed by atoms with E-state index in [4.69, 9.17) is 5.26 Å². The maximum Gasteiger partial charge on any atom is 0.0622 e. The van der Waals surface area contributed by atoms with Crippen LogP contribution in [0.2, 0.25) is 0 Å². The molecule has 0 saturated heterocycles. The van der Waals surface area contributed by atoms with Crippen LogP contribution >= 0.6 is 0 Å². The van der Waals surface area contributed by atoms with Crippen molar-refractivity contribution >= 4 is 0 Å². The van der Waals surface area contributed by atoms with E-state index in [1.807, 2.05) is 60.7 Å². The summed E-state index contributed by atoms with van der Waals surface area (Å²) in [5.74, 6) is 0. The zero-order valence-electron chi connectivity index (χ0n) is 10.8. The molecule has 0 fully saturated rings. The summed E-state index contributed by atoms with van der Waals surface area (Å²) in [4.78, 5) is 0. The molecule has 19 heavy (non-hydrogen) atoms. The van der Waals surface area contributed by atoms with Crippen LogP contribution in [0.3, 0.4) is 0 Å². The Morgan fingerprint density at radius 3 is 1.74 bits per heavy atom. The minimum atomic E-state index is -0.488. The fourth-order valence-corrected chi connectivity index (χ4v) is 2.50. The molecule has 0 bridgehead atoms. The number of nitriles is 1. The van der Waals surface area contributed by atoms with Gasteiger partial charge in [0.25, 0.3) is 0 Å². The first kappa shape index (κ1) is 13.3. The fraction of sp³-hybridized carbons (Fsp3) is 0.235. The summed E-state index contributed by atoms with van der Waals surface area (Å²) in [5.41, 5.74) is 1.62. The molecule has 0 amide bonds. The Bertz CT molecular complexity index is 503. The molecule has 0 unspecified atom stereocenters. The highest BCUT2D eigenvalue weighted by atomic mass is 16.3. The number of aliphatic hydroxyl groups is 1. The van der Waals surface area contributed by atoms with Gasteiger partial charge in [-0.2, -0.15) is 5.26 Å². The Labute approximate surface area is 114 Å². The van der Waals surface area contributed by atoms with Gasteiger partial charge >= 0.3 is 0 Å². The van der Waals surface area contributed by atoms with E-state index in [1.165, 1.54) is 0 Å². The molecule has 0 aromatic heterocycles. The molecule has 0 saturated carbocycles. The summed E-state index contributed by atoms with van der Waals surface area (Å²) in [6.07, 6.45) is 1.04. The van der Waals surface area contributed by atoms with Crippen LogP contribution in [0.5, 0.6) is 0 Å². The van der Waals surface area contributed by atoms with Gasteiger partial charge in [0, 0.05) is 11.8 Å². The molecule has 0 spiro atoms. The summed E-state index contributed by atoms with van der Waals surface area (Å²) < 4.78 is 0. The Kier molecular flexibility index (Phi) is 4.33. The van der Waals surface area contributed by atoms with E-state index in [0.29, 0.717) is 12.8 Å². The molecular formula is C17H17NO. The second-order valence-electron chi connectivity index (χ2n) is 4.63. The molecule has 0 radical (unpaired) electrons. The average molecular weight is 251 g/mol. The van der Waals surface area contributed by atoms with Gasteiger partial charge in [-0.1, -0.05) is 60.7 Å². The zero-order chi connectivity index (χ0) is 13.6. The highest BCUT2D eigenvalue weighted by Crippen LogP contribution is 2.36. The molecule has 2 aromatic carbocycles. The van der Waals surface area contributed by atoms with Gasteiger partial charge in [0.05, 0.1) is 12.7 Å². The minimum absolute atomic E-state index is 0.00269. The van der Waals surface area contributed by atoms with Crippen molar-refractivity contribution in [2.24, 2.45) is 0 Å². The van der Waals surface area contributed by atoms with Gasteiger partial charge in [-0.3, -0.25) is 0 Å². The van der Waals surface area contributed by atoms with Crippen molar-refractivity contribution in [3.63, 3.8) is 0 Å². The maximum absolute atomic E-state index is 10.0. The molecule has 2 rings (SSSR count). The quantitative estimate of drug-likeness (QED) is 0.886. The van der Waals surface area contributed by atoms with Gasteiger partial charge in [0.2, 0.25) is 0 Å². The van der Waals surface area contributed by atoms with Crippen molar-refractivity contribution in [2.75, 3.05) is 6.61 Å². The number of rotatable bonds is 5. The third kappa shape index (κ3) is 2.67. The summed E-state index contributed by atoms with van der Waals surface area (Å²) in [6.45, 7) is 0.00269. The van der Waals surface area contributed by atoms with Crippen LogP contribution in [0, 0.1) is 11.3 Å². The second kappa shape index (κ2) is 6.17. The largest absolute Gasteiger partial charge is 0.395 e. The van der Waals surface area contributed by atoms with Crippen LogP contribution in [-0.2, 0) is 5.41 Å². The smallest absolute Gasteiger partial charge is 0.0622 e. The Hall–Kier alpha value is -2.11. The summed E-state index contributed by atoms with van der Waals surface area (Å²) >= 11 is 0. The molecule has 96 valence electrons. The van der Waals surface area contributed by atoms with Crippen LogP contribution in [0.4, 0.5) is 0 Å². The summed E-state index contributed by atoms with van der Waals surface area (Å²) in [5, 5.41) is 18.9. The second-order valence-corrected chi connectivity index (χ2v) is 4.63. The third-order valence-corrected chi connectivity index (χ3v) is 3.59. The predicted molar refractivity (Wildman–Crippen MR) is 75.6 cm³/mol. The minimum Gasteiger partial charge on any atom is -0.395 e. The molecule has 0 atom stereocenters. The van der Waals surface area contributed by atoms with E-state index in [-0.39, 0.29) is 6.61 Å². The van der Waals surface area contributed by atoms with Gasteiger partial charge in [0.1, 0.15) is 0 Å². The normalized spacial score (nSPS) is 10.9. The number of aliphatic hydroxyl groups excluding tert-OH is 1. The summed E-state index contributed by atoms with van der Waals surface area (Å²) in [6, 6.07) is 22.0. The molecule has 0 aliphatic heterocycles. The standard InChI is InChI=1S/C17H17NO/c18-13-7-12-17(14-19,15-8-3-1-4-9-15)16-10-5-2-6-11-16/h1-6,8-11,19H,7,12,14H2. The van der Waals surface area contributed by atoms with E-state index in [1.54, 1.807) is 0 Å². The van der Waals surface area contributed by atoms with Gasteiger partial charge in [-0.05, 0) is 17.5 Å². The van der Waals surface area contributed by atoms with Gasteiger partial charge in [0.15, 0.2) is 0 Å². The van der Waals surface area contributed by atoms with Crippen molar-refractivity contribution in [1.29, 1.82) is 5.26 Å². The Morgan fingerprint density at radius 2 is 1.37 bits per heavy atom. The molecule has 2 nitrogen and oxygen atoms in total. The fourth-order valence-electron chi connectivity index (χ4n) is 2.50. The number of hydrogen-bond acceptors (Lipinski definition) is 2. The zero-order valence-corrected chi connectivity index (χ0v) is 10.8. The van der Waals surface area contributed by atoms with E-state index >= 15 is 0 Å². The summed E-state index contributed by atoms with van der Waals surface area (Å²) in [7, 11) is 0. The molecular weight excluding hydrogens is 234 g/mol. The Morgan fingerprint density at radius 1 is 0.895 bits per heavy atom. The molecule has 1 N–H and O–H groups in total. The lowest BCUT2D eigenvalue weighted by Gasteiger charge is -2.32. The maximum atomic E-state index is 10.0. The van der Waals surface area contributed by atoms with Crippen molar-refractivity contribution in [3.05, 3.63) is 71.8 Å². The van der Waals surface area contributed by atoms with Crippen LogP contribution in [0.1, 0.15) is 24.0 Å². The van der Waals surface area contributed by atoms with Gasteiger partial charge in [-0.25, -0.2) is 0 Å². The van der Waals surface area contributed by atoms with E-state index in [9.17, 15) is 5.11 Å². The molecule has 0 aliphatic carbocycles. The van der Waals surface area contributed by atoms with Crippen LogP contribution in [0.15, 0.2) is 60.7 Å². The SMILES string of the molecule is N#CCCC(CO)(c1ccccc1)c1ccccc1. The molecule has 0 heterocycles. The molecule has 2 heteroatoms. The monoisotopic (exact) mass is 251 g/mol. The van der Waals surface area contributed by atoms with Crippen LogP contribution < -0.4 is 0 Å². The first-order chi connectivity index (χ1) is 9.33. The van der Waals surface area contributed by atoms with Gasteiger partial charge < -0.3 is 5.11 Å². The molecule has 2 aromatic rings. The van der Waals surface area contributed by atoms with Crippen molar-refractivity contribution < 1.29 is 5.11 Å². The van der Waals surface area contributed by atoms with Gasteiger partial charge in [-0.15, -0.1) is 0 Å². The van der Waals surface area contributed by atoms with Crippen molar-refractivity contribution in [3.8, 4) is 6.07 Å². The van der Waals surface area contributed by atoms with Crippen LogP contribution in [0.25, 0.3) is 0 Å². The lowest BCUT2D eigenvalue weighted by molar-refractivity contribution is 0.212. The highest BCUT2D eigenvalue weighted by Gasteiger charge is 2.32. The third-order valence-electron chi connectivity index (χ3n) is 3.59. The Balaban J connectivity index is 2.52. The topological polar surface area (TPSA) is 44.0 Å². The first-order valence-corrected chi connectivity index (χ1v) is 6.42. The van der Waals surface area contributed by atoms with E-state index < -0.39 is 5.41 Å². The van der Waals surface area contributed by atoms with Crippen molar-refractivity contribution in [1.82, 2.24) is 0 Å². The van der Waals surface area contributed by atoms with Crippen molar-refractivity contribution in [2.45, 2.75) is 18.3 Å². The lowest BCUT2D eigenvalue weighted by atomic mass is 9.72. The predicted octanol–water partition coefficient (Wildman–Crippen LogP) is 3.27. The van der Waals surface area contributed by atoms with E-state index in [0.717, 1.165) is 11.1 Å². The number of hydrogen-bond donors (Lipinski definition) is 1. The van der Waals surface area contributed by atoms with Crippen LogP contribution in [-0.4, -0.2) is 11.7 Å².